The van der Waals surface area contributed by atoms with Gasteiger partial charge in [-0.2, -0.15) is 0 Å². The molecule has 1 heterocycles. The predicted molar refractivity (Wildman–Crippen MR) is 109 cm³/mol. The summed E-state index contributed by atoms with van der Waals surface area (Å²) in [4.78, 5) is 18.5. The molecule has 0 aliphatic heterocycles. The average molecular weight is 421 g/mol. The number of hydrogen-bond donors (Lipinski definition) is 0. The van der Waals surface area contributed by atoms with Crippen molar-refractivity contribution in [2.24, 2.45) is 0 Å². The molecule has 0 aliphatic carbocycles. The highest BCUT2D eigenvalue weighted by atomic mass is 35.5. The van der Waals surface area contributed by atoms with Gasteiger partial charge in [-0.25, -0.2) is 9.37 Å². The van der Waals surface area contributed by atoms with Gasteiger partial charge in [0.2, 0.25) is 5.89 Å². The summed E-state index contributed by atoms with van der Waals surface area (Å²) in [5.74, 6) is 1.30. The molecular weight excluding hydrogens is 399 g/mol. The van der Waals surface area contributed by atoms with Gasteiger partial charge in [0.25, 0.3) is 5.91 Å². The van der Waals surface area contributed by atoms with Gasteiger partial charge in [0.1, 0.15) is 18.2 Å². The number of carbonyl (C=O) groups is 1. The summed E-state index contributed by atoms with van der Waals surface area (Å²) in [6, 6.07) is 13.1. The number of halogens is 2. The summed E-state index contributed by atoms with van der Waals surface area (Å²) < 4.78 is 29.6. The minimum atomic E-state index is -0.349. The molecule has 0 N–H and O–H groups in total. The minimum absolute atomic E-state index is 0. The van der Waals surface area contributed by atoms with E-state index in [4.69, 9.17) is 13.9 Å². The van der Waals surface area contributed by atoms with E-state index in [2.05, 4.69) is 4.98 Å². The van der Waals surface area contributed by atoms with Crippen LogP contribution in [0, 0.1) is 12.7 Å². The van der Waals surface area contributed by atoms with Gasteiger partial charge in [-0.15, -0.1) is 12.4 Å². The molecule has 6 nitrogen and oxygen atoms in total. The van der Waals surface area contributed by atoms with Crippen LogP contribution in [-0.4, -0.2) is 43.1 Å². The second kappa shape index (κ2) is 9.93. The van der Waals surface area contributed by atoms with Crippen LogP contribution in [0.15, 0.2) is 52.9 Å². The summed E-state index contributed by atoms with van der Waals surface area (Å²) in [5, 5.41) is 0. The van der Waals surface area contributed by atoms with Crippen LogP contribution in [0.1, 0.15) is 16.2 Å². The van der Waals surface area contributed by atoms with Gasteiger partial charge in [-0.3, -0.25) is 4.79 Å². The molecule has 3 rings (SSSR count). The molecule has 1 aromatic heterocycles. The predicted octanol–water partition coefficient (Wildman–Crippen LogP) is 4.37. The number of nitrogens with zero attached hydrogens (tertiary/aromatic N) is 2. The summed E-state index contributed by atoms with van der Waals surface area (Å²) in [7, 11) is 3.24. The minimum Gasteiger partial charge on any atom is -0.493 e. The van der Waals surface area contributed by atoms with Gasteiger partial charge in [-0.05, 0) is 43.3 Å². The van der Waals surface area contributed by atoms with E-state index in [0.717, 1.165) is 0 Å². The third-order valence-electron chi connectivity index (χ3n) is 4.19. The molecule has 3 aromatic rings. The third kappa shape index (κ3) is 5.26. The van der Waals surface area contributed by atoms with E-state index >= 15 is 0 Å². The maximum atomic E-state index is 13.1. The topological polar surface area (TPSA) is 64.8 Å². The maximum Gasteiger partial charge on any atom is 0.275 e. The summed E-state index contributed by atoms with van der Waals surface area (Å²) >= 11 is 0. The van der Waals surface area contributed by atoms with Crippen LogP contribution in [0.3, 0.4) is 0 Å². The number of oxazole rings is 1. The lowest BCUT2D eigenvalue weighted by Gasteiger charge is -2.17. The van der Waals surface area contributed by atoms with Crippen molar-refractivity contribution in [3.63, 3.8) is 0 Å². The Morgan fingerprint density at radius 2 is 1.79 bits per heavy atom. The number of amides is 1. The lowest BCUT2D eigenvalue weighted by atomic mass is 10.2. The molecule has 0 saturated carbocycles. The van der Waals surface area contributed by atoms with E-state index in [1.165, 1.54) is 17.0 Å². The molecule has 0 spiro atoms. The van der Waals surface area contributed by atoms with Gasteiger partial charge in [-0.1, -0.05) is 12.1 Å². The number of rotatable bonds is 7. The van der Waals surface area contributed by atoms with E-state index in [0.29, 0.717) is 36.0 Å². The number of aromatic nitrogens is 1. The van der Waals surface area contributed by atoms with Crippen molar-refractivity contribution in [1.82, 2.24) is 9.88 Å². The summed E-state index contributed by atoms with van der Waals surface area (Å²) in [5.41, 5.74) is 0.824. The van der Waals surface area contributed by atoms with Crippen molar-refractivity contribution in [2.45, 2.75) is 6.92 Å². The van der Waals surface area contributed by atoms with Crippen molar-refractivity contribution < 1.29 is 23.1 Å². The molecule has 0 bridgehead atoms. The highest BCUT2D eigenvalue weighted by molar-refractivity contribution is 5.93. The number of hydrogen-bond acceptors (Lipinski definition) is 5. The van der Waals surface area contributed by atoms with Crippen molar-refractivity contribution in [3.05, 3.63) is 65.8 Å². The Morgan fingerprint density at radius 3 is 2.45 bits per heavy atom. The van der Waals surface area contributed by atoms with E-state index in [1.54, 1.807) is 45.3 Å². The van der Waals surface area contributed by atoms with Crippen LogP contribution in [0.25, 0.3) is 11.5 Å². The van der Waals surface area contributed by atoms with Gasteiger partial charge < -0.3 is 18.8 Å². The molecule has 29 heavy (non-hydrogen) atoms. The number of carbonyl (C=O) groups excluding carboxylic acids is 1. The fraction of sp³-hybridized carbons (Fsp3) is 0.238. The Hall–Kier alpha value is -3.06. The summed E-state index contributed by atoms with van der Waals surface area (Å²) in [6.07, 6.45) is 0. The standard InChI is InChI=1S/C21H21FN2O4.ClH/c1-14-19(23-20(28-14)15-8-10-16(22)11-9-15)21(25)24(2)12-13-27-18-7-5-4-6-17(18)26-3;/h4-11H,12-13H2,1-3H3;1H. The number of likely N-dealkylation sites (N-methyl/N-ethyl adjacent to an activating group) is 1. The molecule has 0 atom stereocenters. The van der Waals surface area contributed by atoms with E-state index in [1.807, 2.05) is 12.1 Å². The quantitative estimate of drug-likeness (QED) is 0.567. The molecule has 154 valence electrons. The van der Waals surface area contributed by atoms with E-state index in [9.17, 15) is 9.18 Å². The van der Waals surface area contributed by atoms with Crippen molar-refractivity contribution >= 4 is 18.3 Å². The first-order valence-electron chi connectivity index (χ1n) is 8.74. The SMILES string of the molecule is COc1ccccc1OCCN(C)C(=O)c1nc(-c2ccc(F)cc2)oc1C.Cl. The zero-order valence-corrected chi connectivity index (χ0v) is 17.2. The molecule has 0 fully saturated rings. The lowest BCUT2D eigenvalue weighted by molar-refractivity contribution is 0.0766. The van der Waals surface area contributed by atoms with Gasteiger partial charge in [0.15, 0.2) is 17.2 Å². The smallest absolute Gasteiger partial charge is 0.275 e. The molecule has 8 heteroatoms. The van der Waals surface area contributed by atoms with Gasteiger partial charge in [0, 0.05) is 12.6 Å². The Morgan fingerprint density at radius 1 is 1.14 bits per heavy atom. The zero-order chi connectivity index (χ0) is 20.1. The molecule has 0 unspecified atom stereocenters. The Labute approximate surface area is 174 Å². The van der Waals surface area contributed by atoms with Crippen LogP contribution in [-0.2, 0) is 0 Å². The van der Waals surface area contributed by atoms with Crippen molar-refractivity contribution in [1.29, 1.82) is 0 Å². The van der Waals surface area contributed by atoms with Crippen LogP contribution < -0.4 is 9.47 Å². The highest BCUT2D eigenvalue weighted by Gasteiger charge is 2.21. The second-order valence-corrected chi connectivity index (χ2v) is 6.16. The van der Waals surface area contributed by atoms with E-state index in [-0.39, 0.29) is 35.7 Å². The first kappa shape index (κ1) is 22.2. The number of methoxy groups -OCH3 is 1. The molecule has 0 radical (unpaired) electrons. The van der Waals surface area contributed by atoms with Crippen LogP contribution in [0.4, 0.5) is 4.39 Å². The Balaban J connectivity index is 0.00000300. The van der Waals surface area contributed by atoms with E-state index < -0.39 is 0 Å². The monoisotopic (exact) mass is 420 g/mol. The lowest BCUT2D eigenvalue weighted by Crippen LogP contribution is -2.31. The first-order chi connectivity index (χ1) is 13.5. The molecule has 0 aliphatic rings. The van der Waals surface area contributed by atoms with Crippen LogP contribution >= 0.6 is 12.4 Å². The van der Waals surface area contributed by atoms with Gasteiger partial charge in [0.05, 0.1) is 13.7 Å². The third-order valence-corrected chi connectivity index (χ3v) is 4.19. The van der Waals surface area contributed by atoms with Crippen LogP contribution in [0.5, 0.6) is 11.5 Å². The fourth-order valence-corrected chi connectivity index (χ4v) is 2.62. The fourth-order valence-electron chi connectivity index (χ4n) is 2.62. The summed E-state index contributed by atoms with van der Waals surface area (Å²) in [6.45, 7) is 2.33. The molecule has 2 aromatic carbocycles. The number of ether oxygens (including phenoxy) is 2. The number of para-hydroxylation sites is 2. The maximum absolute atomic E-state index is 13.1. The Bertz CT molecular complexity index is 960. The highest BCUT2D eigenvalue weighted by Crippen LogP contribution is 2.26. The van der Waals surface area contributed by atoms with Crippen molar-refractivity contribution in [2.75, 3.05) is 27.3 Å². The average Bonchev–Trinajstić information content (AvgIpc) is 3.09. The number of aryl methyl sites for hydroxylation is 1. The largest absolute Gasteiger partial charge is 0.493 e. The van der Waals surface area contributed by atoms with Crippen molar-refractivity contribution in [3.8, 4) is 23.0 Å². The second-order valence-electron chi connectivity index (χ2n) is 6.16. The van der Waals surface area contributed by atoms with Gasteiger partial charge >= 0.3 is 0 Å². The Kier molecular flexibility index (Phi) is 7.61. The zero-order valence-electron chi connectivity index (χ0n) is 16.3. The first-order valence-corrected chi connectivity index (χ1v) is 8.74. The normalized spacial score (nSPS) is 10.2. The van der Waals surface area contributed by atoms with Crippen LogP contribution in [0.2, 0.25) is 0 Å². The number of benzene rings is 2. The molecule has 0 saturated heterocycles. The molecular formula is C21H22ClFN2O4. The molecule has 1 amide bonds.